The third-order valence-corrected chi connectivity index (χ3v) is 2.44. The van der Waals surface area contributed by atoms with Crippen LogP contribution in [-0.4, -0.2) is 22.7 Å². The van der Waals surface area contributed by atoms with Crippen LogP contribution in [0.3, 0.4) is 0 Å². The molecular weight excluding hydrogens is 204 g/mol. The zero-order chi connectivity index (χ0) is 9.97. The van der Waals surface area contributed by atoms with E-state index in [0.29, 0.717) is 19.4 Å². The van der Waals surface area contributed by atoms with Gasteiger partial charge in [0.05, 0.1) is 12.2 Å². The van der Waals surface area contributed by atoms with Crippen LogP contribution in [0.4, 0.5) is 0 Å². The third kappa shape index (κ3) is 2.20. The maximum atomic E-state index is 11.3. The second kappa shape index (κ2) is 4.21. The number of halogens is 1. The number of aromatic nitrogens is 2. The molecule has 0 N–H and O–H groups in total. The van der Waals surface area contributed by atoms with Crippen molar-refractivity contribution in [1.82, 2.24) is 9.97 Å². The van der Waals surface area contributed by atoms with Gasteiger partial charge in [0.25, 0.3) is 0 Å². The van der Waals surface area contributed by atoms with Gasteiger partial charge in [-0.3, -0.25) is 0 Å². The first kappa shape index (κ1) is 9.83. The van der Waals surface area contributed by atoms with Crippen LogP contribution >= 0.6 is 11.6 Å². The third-order valence-electron chi connectivity index (χ3n) is 2.25. The number of nitrogens with zero attached hydrogens (tertiary/aromatic N) is 2. The molecule has 5 heteroatoms. The molecule has 0 spiro atoms. The first-order valence-corrected chi connectivity index (χ1v) is 4.88. The van der Waals surface area contributed by atoms with Crippen molar-refractivity contribution in [2.75, 3.05) is 6.61 Å². The molecule has 2 unspecified atom stereocenters. The van der Waals surface area contributed by atoms with Crippen LogP contribution < -0.4 is 0 Å². The Balaban J connectivity index is 2.10. The Kier molecular flexibility index (Phi) is 2.96. The minimum absolute atomic E-state index is 0.163. The standard InChI is InChI=1S/C9H10ClN2O2/c10-9-11-4-6(5-12-9)8-3-7(13)1-2-14-8/h4-5,7-8H,1-3H2. The smallest absolute Gasteiger partial charge is 0.222 e. The summed E-state index contributed by atoms with van der Waals surface area (Å²) in [5, 5.41) is 11.5. The fourth-order valence-corrected chi connectivity index (χ4v) is 1.58. The van der Waals surface area contributed by atoms with Crippen molar-refractivity contribution in [3.8, 4) is 0 Å². The highest BCUT2D eigenvalue weighted by molar-refractivity contribution is 6.28. The van der Waals surface area contributed by atoms with Gasteiger partial charge in [0.15, 0.2) is 0 Å². The lowest BCUT2D eigenvalue weighted by Gasteiger charge is -2.24. The zero-order valence-corrected chi connectivity index (χ0v) is 8.28. The van der Waals surface area contributed by atoms with Crippen molar-refractivity contribution in [1.29, 1.82) is 0 Å². The monoisotopic (exact) mass is 213 g/mol. The van der Waals surface area contributed by atoms with Crippen molar-refractivity contribution < 1.29 is 9.84 Å². The van der Waals surface area contributed by atoms with Gasteiger partial charge in [-0.05, 0) is 11.6 Å². The van der Waals surface area contributed by atoms with Gasteiger partial charge in [-0.15, -0.1) is 0 Å². The Bertz CT molecular complexity index is 304. The van der Waals surface area contributed by atoms with Crippen LogP contribution in [0.15, 0.2) is 12.4 Å². The molecule has 1 aromatic heterocycles. The molecule has 2 atom stereocenters. The molecule has 0 bridgehead atoms. The van der Waals surface area contributed by atoms with Gasteiger partial charge < -0.3 is 4.74 Å². The molecule has 2 rings (SSSR count). The highest BCUT2D eigenvalue weighted by Crippen LogP contribution is 2.27. The molecule has 1 radical (unpaired) electrons. The topological polar surface area (TPSA) is 54.9 Å². The Hall–Kier alpha value is -0.710. The molecule has 4 nitrogen and oxygen atoms in total. The summed E-state index contributed by atoms with van der Waals surface area (Å²) < 4.78 is 5.45. The number of rotatable bonds is 1. The molecule has 1 aromatic rings. The van der Waals surface area contributed by atoms with Gasteiger partial charge in [-0.1, -0.05) is 0 Å². The van der Waals surface area contributed by atoms with E-state index in [0.717, 1.165) is 5.56 Å². The summed E-state index contributed by atoms with van der Waals surface area (Å²) in [4.78, 5) is 7.70. The van der Waals surface area contributed by atoms with E-state index in [-0.39, 0.29) is 11.4 Å². The van der Waals surface area contributed by atoms with Gasteiger partial charge in [0.2, 0.25) is 5.28 Å². The molecule has 0 saturated carbocycles. The maximum Gasteiger partial charge on any atom is 0.222 e. The SMILES string of the molecule is [O]C1CCOC(c2cnc(Cl)nc2)C1. The van der Waals surface area contributed by atoms with Crippen molar-refractivity contribution in [2.45, 2.75) is 25.0 Å². The molecule has 0 amide bonds. The quantitative estimate of drug-likeness (QED) is 0.669. The van der Waals surface area contributed by atoms with Crippen molar-refractivity contribution >= 4 is 11.6 Å². The lowest BCUT2D eigenvalue weighted by atomic mass is 10.0. The molecule has 0 aliphatic carbocycles. The summed E-state index contributed by atoms with van der Waals surface area (Å²) in [5.41, 5.74) is 0.829. The van der Waals surface area contributed by atoms with E-state index in [4.69, 9.17) is 16.3 Å². The molecule has 1 saturated heterocycles. The van der Waals surface area contributed by atoms with E-state index in [1.54, 1.807) is 12.4 Å². The first-order valence-electron chi connectivity index (χ1n) is 4.50. The van der Waals surface area contributed by atoms with Gasteiger partial charge >= 0.3 is 0 Å². The van der Waals surface area contributed by atoms with Crippen LogP contribution in [0.5, 0.6) is 0 Å². The predicted octanol–water partition coefficient (Wildman–Crippen LogP) is 1.78. The van der Waals surface area contributed by atoms with E-state index in [9.17, 15) is 5.11 Å². The minimum atomic E-state index is -0.538. The van der Waals surface area contributed by atoms with Gasteiger partial charge in [-0.25, -0.2) is 15.1 Å². The minimum Gasteiger partial charge on any atom is -0.373 e. The highest BCUT2D eigenvalue weighted by Gasteiger charge is 2.23. The summed E-state index contributed by atoms with van der Waals surface area (Å²) in [6, 6.07) is 0. The van der Waals surface area contributed by atoms with Crippen molar-refractivity contribution in [2.24, 2.45) is 0 Å². The molecule has 1 fully saturated rings. The van der Waals surface area contributed by atoms with Gasteiger partial charge in [0, 0.05) is 37.4 Å². The Morgan fingerprint density at radius 2 is 2.14 bits per heavy atom. The molecule has 75 valence electrons. The normalized spacial score (nSPS) is 27.6. The Morgan fingerprint density at radius 1 is 1.43 bits per heavy atom. The molecule has 1 aliphatic heterocycles. The fourth-order valence-electron chi connectivity index (χ4n) is 1.49. The second-order valence-corrected chi connectivity index (χ2v) is 3.63. The largest absolute Gasteiger partial charge is 0.373 e. The van der Waals surface area contributed by atoms with Gasteiger partial charge in [-0.2, -0.15) is 0 Å². The summed E-state index contributed by atoms with van der Waals surface area (Å²) >= 11 is 5.55. The van der Waals surface area contributed by atoms with Gasteiger partial charge in [0.1, 0.15) is 0 Å². The Morgan fingerprint density at radius 3 is 2.79 bits per heavy atom. The van der Waals surface area contributed by atoms with Crippen LogP contribution in [0.25, 0.3) is 0 Å². The lowest BCUT2D eigenvalue weighted by Crippen LogP contribution is -2.22. The van der Waals surface area contributed by atoms with Crippen molar-refractivity contribution in [3.05, 3.63) is 23.2 Å². The maximum absolute atomic E-state index is 11.3. The first-order chi connectivity index (χ1) is 6.75. The predicted molar refractivity (Wildman–Crippen MR) is 49.4 cm³/mol. The number of hydrogen-bond acceptors (Lipinski definition) is 3. The molecular formula is C9H10ClN2O2. The summed E-state index contributed by atoms with van der Waals surface area (Å²) in [5.74, 6) is 0. The Labute approximate surface area is 86.9 Å². The molecule has 1 aliphatic rings. The van der Waals surface area contributed by atoms with Crippen molar-refractivity contribution in [3.63, 3.8) is 0 Å². The summed E-state index contributed by atoms with van der Waals surface area (Å²) in [7, 11) is 0. The van der Waals surface area contributed by atoms with E-state index in [1.165, 1.54) is 0 Å². The number of ether oxygens (including phenoxy) is 1. The van der Waals surface area contributed by atoms with E-state index >= 15 is 0 Å². The zero-order valence-electron chi connectivity index (χ0n) is 7.52. The van der Waals surface area contributed by atoms with E-state index < -0.39 is 6.10 Å². The summed E-state index contributed by atoms with van der Waals surface area (Å²) in [6.45, 7) is 0.515. The van der Waals surface area contributed by atoms with E-state index in [1.807, 2.05) is 0 Å². The molecule has 14 heavy (non-hydrogen) atoms. The number of hydrogen-bond donors (Lipinski definition) is 0. The molecule has 2 heterocycles. The lowest BCUT2D eigenvalue weighted by molar-refractivity contribution is -0.0687. The van der Waals surface area contributed by atoms with Crippen LogP contribution in [0, 0.1) is 0 Å². The average Bonchev–Trinajstić information content (AvgIpc) is 2.19. The van der Waals surface area contributed by atoms with Crippen LogP contribution in [0.2, 0.25) is 5.28 Å². The van der Waals surface area contributed by atoms with E-state index in [2.05, 4.69) is 9.97 Å². The fraction of sp³-hybridized carbons (Fsp3) is 0.556. The molecule has 0 aromatic carbocycles. The highest BCUT2D eigenvalue weighted by atomic mass is 35.5. The second-order valence-electron chi connectivity index (χ2n) is 3.29. The van der Waals surface area contributed by atoms with Crippen LogP contribution in [0.1, 0.15) is 24.5 Å². The summed E-state index contributed by atoms with van der Waals surface area (Å²) in [6.07, 6.45) is 3.60. The van der Waals surface area contributed by atoms with Crippen LogP contribution in [-0.2, 0) is 9.84 Å². The average molecular weight is 214 g/mol.